The smallest absolute Gasteiger partial charge is 0.341 e. The largest absolute Gasteiger partial charge is 0.344 e. The van der Waals surface area contributed by atoms with E-state index in [1.54, 1.807) is 25.7 Å². The normalized spacial score (nSPS) is 18.4. The van der Waals surface area contributed by atoms with Gasteiger partial charge in [-0.2, -0.15) is 0 Å². The van der Waals surface area contributed by atoms with E-state index in [4.69, 9.17) is 14.0 Å². The second-order valence-electron chi connectivity index (χ2n) is 6.14. The topological polar surface area (TPSA) is 167 Å². The van der Waals surface area contributed by atoms with Gasteiger partial charge in [0.15, 0.2) is 0 Å². The van der Waals surface area contributed by atoms with Gasteiger partial charge in [0, 0.05) is 26.3 Å². The molecule has 0 heterocycles. The minimum absolute atomic E-state index is 0.0959. The van der Waals surface area contributed by atoms with Crippen molar-refractivity contribution in [3.8, 4) is 0 Å². The maximum Gasteiger partial charge on any atom is 0.341 e. The first kappa shape index (κ1) is 30.1. The molecule has 0 aromatic heterocycles. The Morgan fingerprint density at radius 1 is 0.900 bits per heavy atom. The van der Waals surface area contributed by atoms with Crippen LogP contribution in [0.15, 0.2) is 0 Å². The van der Waals surface area contributed by atoms with Crippen molar-refractivity contribution in [2.45, 2.75) is 44.9 Å². The summed E-state index contributed by atoms with van der Waals surface area (Å²) in [6, 6.07) is 0. The lowest BCUT2D eigenvalue weighted by Gasteiger charge is -2.26. The number of nitrogens with zero attached hydrogens (tertiary/aromatic N) is 1. The molecule has 12 nitrogen and oxygen atoms in total. The van der Waals surface area contributed by atoms with E-state index in [0.29, 0.717) is 25.9 Å². The van der Waals surface area contributed by atoms with E-state index in [9.17, 15) is 28.8 Å². The zero-order valence-corrected chi connectivity index (χ0v) is 20.3. The molecule has 5 N–H and O–H groups in total. The minimum atomic E-state index is -3.81. The molecule has 0 saturated carbocycles. The molecule has 0 saturated heterocycles. The first-order valence-corrected chi connectivity index (χ1v) is 13.1. The molecule has 0 fully saturated rings. The molecule has 0 rings (SSSR count). The average Bonchev–Trinajstić information content (AvgIpc) is 2.68. The van der Waals surface area contributed by atoms with E-state index in [1.165, 1.54) is 0 Å². The van der Waals surface area contributed by atoms with Crippen molar-refractivity contribution in [2.75, 3.05) is 52.3 Å². The summed E-state index contributed by atoms with van der Waals surface area (Å²) in [6.07, 6.45) is 0.699. The van der Waals surface area contributed by atoms with Crippen LogP contribution in [0.3, 0.4) is 0 Å². The van der Waals surface area contributed by atoms with Crippen LogP contribution >= 0.6 is 24.5 Å². The van der Waals surface area contributed by atoms with Gasteiger partial charge in [-0.05, 0) is 46.7 Å². The highest BCUT2D eigenvalue weighted by atomic mass is 31.2. The maximum atomic E-state index is 12.1. The fraction of sp³-hybridized carbons (Fsp3) is 1.00. The van der Waals surface area contributed by atoms with Crippen molar-refractivity contribution >= 4 is 24.5 Å². The molecule has 0 radical (unpaired) electrons. The second kappa shape index (κ2) is 15.8. The van der Waals surface area contributed by atoms with Gasteiger partial charge in [-0.15, -0.1) is 0 Å². The van der Waals surface area contributed by atoms with Gasteiger partial charge >= 0.3 is 18.9 Å². The van der Waals surface area contributed by atoms with Crippen LogP contribution in [0.25, 0.3) is 0 Å². The van der Waals surface area contributed by atoms with Gasteiger partial charge in [-0.1, -0.05) is 0 Å². The molecule has 15 heteroatoms. The molecule has 0 aliphatic rings. The summed E-state index contributed by atoms with van der Waals surface area (Å²) in [5.41, 5.74) is -3.94. The second-order valence-corrected chi connectivity index (χ2v) is 9.53. The number of hydrogen-bond donors (Lipinski definition) is 5. The average molecular weight is 493 g/mol. The third-order valence-corrected chi connectivity index (χ3v) is 6.15. The number of aliphatic hydroxyl groups is 2. The van der Waals surface area contributed by atoms with Gasteiger partial charge in [0.1, 0.15) is 6.29 Å². The minimum Gasteiger partial charge on any atom is -0.344 e. The van der Waals surface area contributed by atoms with Gasteiger partial charge in [0.05, 0.1) is 6.61 Å². The first-order valence-electron chi connectivity index (χ1n) is 9.69. The molecule has 3 atom stereocenters. The molecule has 3 unspecified atom stereocenters. The summed E-state index contributed by atoms with van der Waals surface area (Å²) in [6.45, 7) is 6.57. The highest BCUT2D eigenvalue weighted by Gasteiger charge is 2.29. The van der Waals surface area contributed by atoms with Crippen LogP contribution in [-0.4, -0.2) is 83.6 Å². The molecule has 0 spiro atoms. The van der Waals surface area contributed by atoms with Gasteiger partial charge in [0.25, 0.3) is 0 Å². The van der Waals surface area contributed by atoms with Crippen LogP contribution in [0.5, 0.6) is 0 Å². The summed E-state index contributed by atoms with van der Waals surface area (Å²) < 4.78 is 49.0. The fourth-order valence-electron chi connectivity index (χ4n) is 2.48. The van der Waals surface area contributed by atoms with Crippen molar-refractivity contribution in [3.05, 3.63) is 0 Å². The Morgan fingerprint density at radius 3 is 1.67 bits per heavy atom. The van der Waals surface area contributed by atoms with Crippen molar-refractivity contribution < 1.29 is 42.8 Å². The third-order valence-electron chi connectivity index (χ3n) is 3.66. The maximum absolute atomic E-state index is 12.1. The molecule has 0 bridgehead atoms. The molecule has 30 heavy (non-hydrogen) atoms. The Balaban J connectivity index is 4.67. The fourth-order valence-corrected chi connectivity index (χ4v) is 4.47. The number of nitrogens with one attached hydrogen (secondary N) is 2. The third kappa shape index (κ3) is 13.5. The van der Waals surface area contributed by atoms with Crippen molar-refractivity contribution in [1.29, 1.82) is 0 Å². The van der Waals surface area contributed by atoms with Crippen LogP contribution in [0.2, 0.25) is 0 Å². The molecule has 0 aliphatic carbocycles. The Morgan fingerprint density at radius 2 is 1.33 bits per heavy atom. The van der Waals surface area contributed by atoms with Crippen molar-refractivity contribution in [3.63, 3.8) is 0 Å². The van der Waals surface area contributed by atoms with Gasteiger partial charge < -0.3 is 29.1 Å². The van der Waals surface area contributed by atoms with Crippen molar-refractivity contribution in [1.82, 2.24) is 15.5 Å². The number of hydrogen-bond acceptors (Lipinski definition) is 11. The Labute approximate surface area is 180 Å². The van der Waals surface area contributed by atoms with Gasteiger partial charge in [-0.25, -0.2) is 0 Å². The SMILES string of the molecule is CCOC(O)(NCCCN(CCCNC(O)(OCC)P=O)CP(=O)(O)OCC)P=O. The van der Waals surface area contributed by atoms with Crippen LogP contribution < -0.4 is 10.6 Å². The molecule has 0 aliphatic heterocycles. The van der Waals surface area contributed by atoms with E-state index in [-0.39, 0.29) is 39.2 Å². The van der Waals surface area contributed by atoms with Crippen molar-refractivity contribution in [2.24, 2.45) is 0 Å². The zero-order chi connectivity index (χ0) is 23.1. The number of ether oxygens (including phenoxy) is 2. The van der Waals surface area contributed by atoms with E-state index in [1.807, 2.05) is 0 Å². The number of rotatable bonds is 20. The van der Waals surface area contributed by atoms with Gasteiger partial charge in [0.2, 0.25) is 16.9 Å². The molecule has 0 aromatic rings. The van der Waals surface area contributed by atoms with Crippen LogP contribution in [0.4, 0.5) is 0 Å². The van der Waals surface area contributed by atoms with E-state index in [2.05, 4.69) is 10.6 Å². The molecule has 0 amide bonds. The van der Waals surface area contributed by atoms with Crippen LogP contribution in [0, 0.1) is 0 Å². The Kier molecular flexibility index (Phi) is 15.8. The monoisotopic (exact) mass is 493 g/mol. The van der Waals surface area contributed by atoms with Gasteiger partial charge in [-0.3, -0.25) is 29.2 Å². The summed E-state index contributed by atoms with van der Waals surface area (Å²) in [7, 11) is -5.04. The standard InChI is InChI=1S/C15H34N3O9P3/c1-4-25-14(19,28-21)16-9-7-11-18(13-30(23,24)27-6-3)12-8-10-17-15(20,29-22)26-5-2/h16-17,19-20H,4-13H2,1-3H3,(H,23,24). The predicted octanol–water partition coefficient (Wildman–Crippen LogP) is 1.29. The predicted molar refractivity (Wildman–Crippen MR) is 111 cm³/mol. The van der Waals surface area contributed by atoms with Crippen LogP contribution in [0.1, 0.15) is 33.6 Å². The first-order chi connectivity index (χ1) is 14.1. The molecule has 0 aromatic carbocycles. The lowest BCUT2D eigenvalue weighted by molar-refractivity contribution is -0.152. The van der Waals surface area contributed by atoms with E-state index < -0.39 is 35.8 Å². The summed E-state index contributed by atoms with van der Waals surface area (Å²) in [5.74, 6) is 0. The molecular weight excluding hydrogens is 459 g/mol. The summed E-state index contributed by atoms with van der Waals surface area (Å²) >= 11 is 0. The summed E-state index contributed by atoms with van der Waals surface area (Å²) in [5, 5.41) is 25.1. The lowest BCUT2D eigenvalue weighted by atomic mass is 10.3. The quantitative estimate of drug-likeness (QED) is 0.0938. The van der Waals surface area contributed by atoms with E-state index in [0.717, 1.165) is 0 Å². The Bertz CT molecular complexity index is 517. The zero-order valence-electron chi connectivity index (χ0n) is 17.7. The highest BCUT2D eigenvalue weighted by molar-refractivity contribution is 7.52. The molecular formula is C15H34N3O9P3. The summed E-state index contributed by atoms with van der Waals surface area (Å²) in [4.78, 5) is 11.6. The van der Waals surface area contributed by atoms with E-state index >= 15 is 0 Å². The lowest BCUT2D eigenvalue weighted by Crippen LogP contribution is -2.44. The molecule has 178 valence electrons. The Hall–Kier alpha value is 0.0700. The van der Waals surface area contributed by atoms with Crippen LogP contribution in [-0.2, 0) is 27.7 Å². The highest BCUT2D eigenvalue weighted by Crippen LogP contribution is 2.42.